The summed E-state index contributed by atoms with van der Waals surface area (Å²) in [6.07, 6.45) is 0. The minimum absolute atomic E-state index is 0.259. The first-order chi connectivity index (χ1) is 12.5. The number of thioether (sulfide) groups is 1. The van der Waals surface area contributed by atoms with Crippen LogP contribution in [0.15, 0.2) is 58.5 Å². The highest BCUT2D eigenvalue weighted by atomic mass is 32.2. The van der Waals surface area contributed by atoms with Gasteiger partial charge in [-0.25, -0.2) is 9.78 Å². The van der Waals surface area contributed by atoms with Crippen molar-refractivity contribution in [2.75, 3.05) is 7.11 Å². The van der Waals surface area contributed by atoms with E-state index in [0.29, 0.717) is 27.3 Å². The number of hydrogen-bond acceptors (Lipinski definition) is 6. The third kappa shape index (κ3) is 3.32. The number of nitriles is 1. The number of methoxy groups -OCH3 is 1. The fraction of sp³-hybridized carbons (Fsp3) is 0.158. The summed E-state index contributed by atoms with van der Waals surface area (Å²) in [5, 5.41) is 9.53. The number of para-hydroxylation sites is 1. The highest BCUT2D eigenvalue weighted by Crippen LogP contribution is 2.25. The van der Waals surface area contributed by atoms with Crippen LogP contribution in [0.3, 0.4) is 0 Å². The lowest BCUT2D eigenvalue weighted by Gasteiger charge is -2.14. The lowest BCUT2D eigenvalue weighted by Crippen LogP contribution is -2.22. The van der Waals surface area contributed by atoms with Crippen molar-refractivity contribution in [3.63, 3.8) is 0 Å². The van der Waals surface area contributed by atoms with E-state index in [4.69, 9.17) is 10.00 Å². The topological polar surface area (TPSA) is 85.0 Å². The second-order valence-electron chi connectivity index (χ2n) is 5.48. The van der Waals surface area contributed by atoms with Crippen molar-refractivity contribution < 1.29 is 9.53 Å². The molecular weight excluding hydrogens is 350 g/mol. The van der Waals surface area contributed by atoms with Crippen LogP contribution in [-0.2, 0) is 4.74 Å². The summed E-state index contributed by atoms with van der Waals surface area (Å²) in [7, 11) is 1.29. The van der Waals surface area contributed by atoms with Crippen LogP contribution in [0, 0.1) is 11.3 Å². The molecule has 0 spiro atoms. The number of fused-ring (bicyclic) bond motifs is 1. The van der Waals surface area contributed by atoms with Crippen molar-refractivity contribution in [3.8, 4) is 11.8 Å². The number of carbonyl (C=O) groups is 1. The smallest absolute Gasteiger partial charge is 0.337 e. The number of rotatable bonds is 4. The second kappa shape index (κ2) is 7.42. The quantitative estimate of drug-likeness (QED) is 0.401. The van der Waals surface area contributed by atoms with Gasteiger partial charge < -0.3 is 4.74 Å². The van der Waals surface area contributed by atoms with Gasteiger partial charge in [-0.1, -0.05) is 30.0 Å². The Hall–Kier alpha value is -3.11. The third-order valence-electron chi connectivity index (χ3n) is 3.74. The normalized spacial score (nSPS) is 11.7. The predicted molar refractivity (Wildman–Crippen MR) is 99.6 cm³/mol. The van der Waals surface area contributed by atoms with Crippen LogP contribution in [0.2, 0.25) is 0 Å². The Morgan fingerprint density at radius 3 is 2.65 bits per heavy atom. The van der Waals surface area contributed by atoms with Crippen molar-refractivity contribution in [3.05, 3.63) is 64.4 Å². The zero-order valence-corrected chi connectivity index (χ0v) is 15.0. The van der Waals surface area contributed by atoms with Gasteiger partial charge in [0, 0.05) is 0 Å². The van der Waals surface area contributed by atoms with Crippen LogP contribution >= 0.6 is 11.8 Å². The van der Waals surface area contributed by atoms with E-state index in [0.717, 1.165) is 0 Å². The van der Waals surface area contributed by atoms with E-state index in [1.165, 1.54) is 35.6 Å². The molecule has 0 saturated heterocycles. The average Bonchev–Trinajstić information content (AvgIpc) is 2.67. The Morgan fingerprint density at radius 1 is 1.27 bits per heavy atom. The first-order valence-corrected chi connectivity index (χ1v) is 8.70. The Labute approximate surface area is 154 Å². The Bertz CT molecular complexity index is 1070. The molecule has 1 heterocycles. The van der Waals surface area contributed by atoms with Crippen LogP contribution in [-0.4, -0.2) is 27.9 Å². The summed E-state index contributed by atoms with van der Waals surface area (Å²) < 4.78 is 6.21. The lowest BCUT2D eigenvalue weighted by atomic mass is 10.1. The zero-order chi connectivity index (χ0) is 18.7. The van der Waals surface area contributed by atoms with Crippen molar-refractivity contribution in [2.24, 2.45) is 0 Å². The molecule has 1 atom stereocenters. The molecule has 0 radical (unpaired) electrons. The van der Waals surface area contributed by atoms with E-state index in [2.05, 4.69) is 11.1 Å². The maximum atomic E-state index is 13.1. The number of nitrogens with zero attached hydrogens (tertiary/aromatic N) is 3. The van der Waals surface area contributed by atoms with E-state index in [9.17, 15) is 9.59 Å². The number of carbonyl (C=O) groups excluding carboxylic acids is 1. The van der Waals surface area contributed by atoms with Gasteiger partial charge in [0.1, 0.15) is 0 Å². The number of ether oxygens (including phenoxy) is 1. The zero-order valence-electron chi connectivity index (χ0n) is 14.2. The largest absolute Gasteiger partial charge is 0.465 e. The molecule has 0 saturated carbocycles. The first-order valence-electron chi connectivity index (χ1n) is 7.82. The lowest BCUT2D eigenvalue weighted by molar-refractivity contribution is 0.0601. The summed E-state index contributed by atoms with van der Waals surface area (Å²) in [5.41, 5.74) is 1.10. The van der Waals surface area contributed by atoms with Crippen LogP contribution in [0.1, 0.15) is 17.3 Å². The molecule has 130 valence electrons. The molecule has 3 rings (SSSR count). The summed E-state index contributed by atoms with van der Waals surface area (Å²) in [5.74, 6) is -0.500. The Morgan fingerprint density at radius 2 is 2.00 bits per heavy atom. The van der Waals surface area contributed by atoms with Crippen molar-refractivity contribution >= 4 is 28.6 Å². The predicted octanol–water partition coefficient (Wildman–Crippen LogP) is 3.18. The fourth-order valence-electron chi connectivity index (χ4n) is 2.48. The number of esters is 1. The number of benzene rings is 2. The van der Waals surface area contributed by atoms with E-state index in [1.54, 1.807) is 25.1 Å². The molecule has 26 heavy (non-hydrogen) atoms. The van der Waals surface area contributed by atoms with Gasteiger partial charge in [0.15, 0.2) is 5.16 Å². The molecule has 0 aliphatic heterocycles. The number of hydrogen-bond donors (Lipinski definition) is 0. The van der Waals surface area contributed by atoms with Gasteiger partial charge in [0.2, 0.25) is 0 Å². The molecule has 2 aromatic carbocycles. The Balaban J connectivity index is 2.29. The summed E-state index contributed by atoms with van der Waals surface area (Å²) in [6, 6.07) is 15.9. The van der Waals surface area contributed by atoms with Crippen LogP contribution in [0.5, 0.6) is 0 Å². The monoisotopic (exact) mass is 365 g/mol. The summed E-state index contributed by atoms with van der Waals surface area (Å²) >= 11 is 1.19. The third-order valence-corrected chi connectivity index (χ3v) is 4.68. The van der Waals surface area contributed by atoms with Crippen molar-refractivity contribution in [2.45, 2.75) is 17.3 Å². The van der Waals surface area contributed by atoms with Crippen molar-refractivity contribution in [1.82, 2.24) is 9.55 Å². The summed E-state index contributed by atoms with van der Waals surface area (Å²) in [6.45, 7) is 1.74. The van der Waals surface area contributed by atoms with Gasteiger partial charge >= 0.3 is 5.97 Å². The summed E-state index contributed by atoms with van der Waals surface area (Å²) in [4.78, 5) is 29.4. The SMILES string of the molecule is COC(=O)c1ccc2c(=O)n(-c3ccccc3)c(S[C@@H](C)C#N)nc2c1. The standard InChI is InChI=1S/C19H15N3O3S/c1-12(11-20)26-19-21-16-10-13(18(24)25-2)8-9-15(16)17(23)22(19)14-6-4-3-5-7-14/h3-10,12H,1-2H3/t12-/m0/s1. The molecule has 3 aromatic rings. The molecule has 0 bridgehead atoms. The van der Waals surface area contributed by atoms with Gasteiger partial charge in [-0.2, -0.15) is 5.26 Å². The molecule has 0 fully saturated rings. The molecule has 7 heteroatoms. The van der Waals surface area contributed by atoms with Crippen LogP contribution in [0.25, 0.3) is 16.6 Å². The van der Waals surface area contributed by atoms with E-state index < -0.39 is 11.2 Å². The van der Waals surface area contributed by atoms with Gasteiger partial charge in [-0.3, -0.25) is 9.36 Å². The van der Waals surface area contributed by atoms with Crippen LogP contribution in [0.4, 0.5) is 0 Å². The van der Waals surface area contributed by atoms with Gasteiger partial charge in [-0.05, 0) is 37.3 Å². The van der Waals surface area contributed by atoms with Gasteiger partial charge in [-0.15, -0.1) is 0 Å². The molecule has 0 aliphatic carbocycles. The van der Waals surface area contributed by atoms with Gasteiger partial charge in [0.25, 0.3) is 5.56 Å². The average molecular weight is 365 g/mol. The fourth-order valence-corrected chi connectivity index (χ4v) is 3.29. The molecule has 0 amide bonds. The maximum Gasteiger partial charge on any atom is 0.337 e. The van der Waals surface area contributed by atoms with E-state index >= 15 is 0 Å². The highest BCUT2D eigenvalue weighted by molar-refractivity contribution is 8.00. The first kappa shape index (κ1) is 17.7. The second-order valence-corrected chi connectivity index (χ2v) is 6.79. The molecule has 1 aromatic heterocycles. The molecule has 6 nitrogen and oxygen atoms in total. The molecule has 0 aliphatic rings. The minimum Gasteiger partial charge on any atom is -0.465 e. The Kier molecular flexibility index (Phi) is 5.05. The highest BCUT2D eigenvalue weighted by Gasteiger charge is 2.17. The van der Waals surface area contributed by atoms with Crippen molar-refractivity contribution in [1.29, 1.82) is 5.26 Å². The molecule has 0 unspecified atom stereocenters. The number of aromatic nitrogens is 2. The molecule has 0 N–H and O–H groups in total. The van der Waals surface area contributed by atoms with Crippen LogP contribution < -0.4 is 5.56 Å². The van der Waals surface area contributed by atoms with E-state index in [-0.39, 0.29) is 5.56 Å². The molecular formula is C19H15N3O3S. The van der Waals surface area contributed by atoms with Gasteiger partial charge in [0.05, 0.1) is 40.6 Å². The maximum absolute atomic E-state index is 13.1. The minimum atomic E-state index is -0.500. The van der Waals surface area contributed by atoms with E-state index in [1.807, 2.05) is 18.2 Å².